The zero-order valence-corrected chi connectivity index (χ0v) is 28.8. The predicted molar refractivity (Wildman–Crippen MR) is 189 cm³/mol. The fourth-order valence-corrected chi connectivity index (χ4v) is 6.42. The third-order valence-electron chi connectivity index (χ3n) is 6.68. The number of halogens is 3. The van der Waals surface area contributed by atoms with Crippen molar-refractivity contribution in [1.82, 2.24) is 10.4 Å². The molecule has 0 radical (unpaired) electrons. The topological polar surface area (TPSA) is 105 Å². The Bertz CT molecular complexity index is 1880. The molecule has 0 aliphatic rings. The van der Waals surface area contributed by atoms with E-state index in [0.29, 0.717) is 26.4 Å². The van der Waals surface area contributed by atoms with E-state index in [1.807, 2.05) is 73.8 Å². The number of hydrogen-bond acceptors (Lipinski definition) is 7. The van der Waals surface area contributed by atoms with Crippen LogP contribution in [0.1, 0.15) is 27.0 Å². The van der Waals surface area contributed by atoms with Gasteiger partial charge in [0.2, 0.25) is 0 Å². The van der Waals surface area contributed by atoms with Gasteiger partial charge in [0.25, 0.3) is 11.8 Å². The number of nitrogens with zero attached hydrogens (tertiary/aromatic N) is 2. The first-order chi connectivity index (χ1) is 21.7. The molecule has 0 aliphatic heterocycles. The van der Waals surface area contributed by atoms with E-state index in [0.717, 1.165) is 43.4 Å². The highest BCUT2D eigenvalue weighted by Gasteiger charge is 2.14. The van der Waals surface area contributed by atoms with E-state index in [9.17, 15) is 9.59 Å². The number of hydrazone groups is 1. The molecule has 0 aliphatic carbocycles. The van der Waals surface area contributed by atoms with Gasteiger partial charge in [-0.25, -0.2) is 10.4 Å². The molecule has 0 unspecified atom stereocenters. The van der Waals surface area contributed by atoms with Crippen molar-refractivity contribution in [3.63, 3.8) is 0 Å². The minimum absolute atomic E-state index is 0.217. The Hall–Kier alpha value is -4.03. The highest BCUT2D eigenvalue weighted by molar-refractivity contribution is 9.11. The fraction of sp³-hybridized carbons (Fsp3) is 0.0909. The van der Waals surface area contributed by atoms with Gasteiger partial charge >= 0.3 is 0 Å². The average molecular weight is 768 g/mol. The van der Waals surface area contributed by atoms with E-state index >= 15 is 0 Å². The van der Waals surface area contributed by atoms with Gasteiger partial charge in [-0.15, -0.1) is 11.3 Å². The minimum atomic E-state index is -0.384. The summed E-state index contributed by atoms with van der Waals surface area (Å²) in [5, 5.41) is 13.6. The molecule has 0 bridgehead atoms. The molecular weight excluding hydrogens is 742 g/mol. The van der Waals surface area contributed by atoms with E-state index in [1.54, 1.807) is 24.3 Å². The van der Waals surface area contributed by atoms with Crippen molar-refractivity contribution in [2.24, 2.45) is 5.10 Å². The van der Waals surface area contributed by atoms with Crippen molar-refractivity contribution < 1.29 is 14.3 Å². The second kappa shape index (κ2) is 14.8. The van der Waals surface area contributed by atoms with E-state index in [1.165, 1.54) is 17.6 Å². The molecule has 45 heavy (non-hydrogen) atoms. The molecule has 1 heterocycles. The third kappa shape index (κ3) is 8.58. The molecule has 0 saturated heterocycles. The SMILES string of the molecule is Cc1cccc(NC(=O)COc2c(Br)cc(Br)cc2/C=N\NC(=O)c2ccc(-c3csc(Nc4ccc(Cl)cc4)n3)cc2)c1C. The van der Waals surface area contributed by atoms with Gasteiger partial charge in [0, 0.05) is 42.9 Å². The Balaban J connectivity index is 1.19. The Morgan fingerprint density at radius 2 is 1.78 bits per heavy atom. The molecule has 1 aromatic heterocycles. The number of anilines is 3. The molecule has 2 amide bonds. The zero-order valence-electron chi connectivity index (χ0n) is 24.0. The van der Waals surface area contributed by atoms with Gasteiger partial charge < -0.3 is 15.4 Å². The third-order valence-corrected chi connectivity index (χ3v) is 8.73. The van der Waals surface area contributed by atoms with Crippen LogP contribution in [0.15, 0.2) is 98.3 Å². The number of benzene rings is 4. The van der Waals surface area contributed by atoms with Crippen LogP contribution in [0.2, 0.25) is 5.02 Å². The van der Waals surface area contributed by atoms with Crippen LogP contribution in [0.5, 0.6) is 5.75 Å². The number of nitrogens with one attached hydrogen (secondary N) is 3. The number of ether oxygens (including phenoxy) is 1. The summed E-state index contributed by atoms with van der Waals surface area (Å²) in [6, 6.07) is 23.8. The van der Waals surface area contributed by atoms with Crippen molar-refractivity contribution in [2.45, 2.75) is 13.8 Å². The smallest absolute Gasteiger partial charge is 0.271 e. The Morgan fingerprint density at radius 1 is 1.02 bits per heavy atom. The molecule has 0 saturated carbocycles. The Morgan fingerprint density at radius 3 is 2.53 bits per heavy atom. The van der Waals surface area contributed by atoms with Crippen LogP contribution in [0.25, 0.3) is 11.3 Å². The first-order valence-electron chi connectivity index (χ1n) is 13.6. The summed E-state index contributed by atoms with van der Waals surface area (Å²) >= 11 is 14.4. The molecule has 5 rings (SSSR count). The lowest BCUT2D eigenvalue weighted by molar-refractivity contribution is -0.118. The van der Waals surface area contributed by atoms with Gasteiger partial charge in [-0.2, -0.15) is 5.10 Å². The van der Waals surface area contributed by atoms with Crippen molar-refractivity contribution in [3.05, 3.63) is 120 Å². The second-order valence-corrected chi connectivity index (χ2v) is 12.9. The lowest BCUT2D eigenvalue weighted by Gasteiger charge is -2.13. The number of amides is 2. The van der Waals surface area contributed by atoms with Gasteiger partial charge in [0.15, 0.2) is 11.7 Å². The highest BCUT2D eigenvalue weighted by Crippen LogP contribution is 2.32. The molecule has 0 spiro atoms. The van der Waals surface area contributed by atoms with Crippen LogP contribution in [0, 0.1) is 13.8 Å². The van der Waals surface area contributed by atoms with Gasteiger partial charge in [-0.05, 0) is 95.5 Å². The first kappa shape index (κ1) is 32.4. The van der Waals surface area contributed by atoms with Crippen molar-refractivity contribution in [2.75, 3.05) is 17.2 Å². The summed E-state index contributed by atoms with van der Waals surface area (Å²) in [6.07, 6.45) is 1.46. The molecule has 5 aromatic rings. The van der Waals surface area contributed by atoms with Crippen LogP contribution in [0.3, 0.4) is 0 Å². The molecule has 12 heteroatoms. The number of thiazole rings is 1. The van der Waals surface area contributed by atoms with Gasteiger partial charge in [-0.3, -0.25) is 9.59 Å². The summed E-state index contributed by atoms with van der Waals surface area (Å²) in [4.78, 5) is 30.1. The normalized spacial score (nSPS) is 11.0. The standard InChI is InChI=1S/C33H26Br2ClN5O3S/c1-19-4-3-5-28(20(19)2)39-30(42)17-44-31-23(14-24(34)15-27(31)35)16-37-41-32(43)22-8-6-21(7-9-22)29-18-45-33(40-29)38-26-12-10-25(36)11-13-26/h3-16,18H,17H2,1-2H3,(H,38,40)(H,39,42)(H,41,43)/b37-16-. The van der Waals surface area contributed by atoms with Gasteiger partial charge in [0.1, 0.15) is 5.75 Å². The molecule has 8 nitrogen and oxygen atoms in total. The summed E-state index contributed by atoms with van der Waals surface area (Å²) < 4.78 is 7.25. The van der Waals surface area contributed by atoms with Crippen LogP contribution in [-0.2, 0) is 4.79 Å². The van der Waals surface area contributed by atoms with Crippen molar-refractivity contribution >= 4 is 89.3 Å². The molecule has 228 valence electrons. The fourth-order valence-electron chi connectivity index (χ4n) is 4.18. The lowest BCUT2D eigenvalue weighted by Crippen LogP contribution is -2.21. The predicted octanol–water partition coefficient (Wildman–Crippen LogP) is 9.13. The number of carbonyl (C=O) groups is 2. The first-order valence-corrected chi connectivity index (χ1v) is 16.4. The summed E-state index contributed by atoms with van der Waals surface area (Å²) in [5.41, 5.74) is 8.90. The Labute approximate surface area is 286 Å². The lowest BCUT2D eigenvalue weighted by atomic mass is 10.1. The van der Waals surface area contributed by atoms with Crippen LogP contribution >= 0.6 is 54.8 Å². The van der Waals surface area contributed by atoms with E-state index in [4.69, 9.17) is 16.3 Å². The maximum Gasteiger partial charge on any atom is 0.271 e. The van der Waals surface area contributed by atoms with E-state index < -0.39 is 0 Å². The van der Waals surface area contributed by atoms with Crippen LogP contribution in [-0.4, -0.2) is 29.6 Å². The summed E-state index contributed by atoms with van der Waals surface area (Å²) in [7, 11) is 0. The van der Waals surface area contributed by atoms with Crippen molar-refractivity contribution in [3.8, 4) is 17.0 Å². The number of rotatable bonds is 10. The molecule has 0 fully saturated rings. The van der Waals surface area contributed by atoms with E-state index in [2.05, 4.69) is 58.0 Å². The van der Waals surface area contributed by atoms with Crippen molar-refractivity contribution in [1.29, 1.82) is 0 Å². The highest BCUT2D eigenvalue weighted by atomic mass is 79.9. The molecule has 3 N–H and O–H groups in total. The monoisotopic (exact) mass is 765 g/mol. The van der Waals surface area contributed by atoms with Gasteiger partial charge in [-0.1, -0.05) is 51.8 Å². The average Bonchev–Trinajstić information content (AvgIpc) is 3.48. The van der Waals surface area contributed by atoms with Gasteiger partial charge in [0.05, 0.1) is 16.4 Å². The number of aryl methyl sites for hydroxylation is 1. The number of carbonyl (C=O) groups excluding carboxylic acids is 2. The summed E-state index contributed by atoms with van der Waals surface area (Å²) in [6.45, 7) is 3.72. The quantitative estimate of drug-likeness (QED) is 0.0972. The van der Waals surface area contributed by atoms with Crippen LogP contribution < -0.4 is 20.8 Å². The molecular formula is C33H26Br2ClN5O3S. The second-order valence-electron chi connectivity index (χ2n) is 9.84. The van der Waals surface area contributed by atoms with Crippen LogP contribution in [0.4, 0.5) is 16.5 Å². The minimum Gasteiger partial charge on any atom is -0.482 e. The Kier molecular flexibility index (Phi) is 10.7. The maximum atomic E-state index is 12.8. The maximum absolute atomic E-state index is 12.8. The largest absolute Gasteiger partial charge is 0.482 e. The summed E-state index contributed by atoms with van der Waals surface area (Å²) in [5.74, 6) is -0.277. The molecule has 4 aromatic carbocycles. The number of aromatic nitrogens is 1. The van der Waals surface area contributed by atoms with E-state index in [-0.39, 0.29) is 18.4 Å². The zero-order chi connectivity index (χ0) is 31.9. The number of hydrogen-bond donors (Lipinski definition) is 3. The molecule has 0 atom stereocenters.